The summed E-state index contributed by atoms with van der Waals surface area (Å²) in [4.78, 5) is 34.2. The Hall–Kier alpha value is -2.86. The second kappa shape index (κ2) is 7.64. The fourth-order valence-corrected chi connectivity index (χ4v) is 3.94. The van der Waals surface area contributed by atoms with Crippen molar-refractivity contribution in [2.75, 3.05) is 31.1 Å². The van der Waals surface area contributed by atoms with Gasteiger partial charge < -0.3 is 9.80 Å². The Bertz CT molecular complexity index is 1090. The van der Waals surface area contributed by atoms with Gasteiger partial charge in [-0.2, -0.15) is 0 Å². The van der Waals surface area contributed by atoms with E-state index in [0.717, 1.165) is 11.1 Å². The number of anilines is 1. The molecule has 1 amide bonds. The Morgan fingerprint density at radius 2 is 1.86 bits per heavy atom. The minimum absolute atomic E-state index is 0.202. The smallest absolute Gasteiger partial charge is 0.265 e. The Morgan fingerprint density at radius 3 is 2.57 bits per heavy atom. The number of rotatable bonds is 3. The van der Waals surface area contributed by atoms with Crippen molar-refractivity contribution in [1.82, 2.24) is 14.5 Å². The number of benzene rings is 1. The maximum atomic E-state index is 13.1. The molecule has 1 fully saturated rings. The van der Waals surface area contributed by atoms with Crippen LogP contribution in [0.15, 0.2) is 53.5 Å². The number of para-hydroxylation sites is 1. The van der Waals surface area contributed by atoms with E-state index in [-0.39, 0.29) is 17.0 Å². The molecule has 3 aromatic rings. The highest BCUT2D eigenvalue weighted by Crippen LogP contribution is 2.26. The molecule has 6 nitrogen and oxygen atoms in total. The molecule has 3 heterocycles. The monoisotopic (exact) mass is 396 g/mol. The SMILES string of the molecule is CCn1c(=O)c(C(=O)N2CCN(c3ccccc3Cl)CC2)cc2cccnc21. The molecule has 1 aromatic carbocycles. The lowest BCUT2D eigenvalue weighted by Crippen LogP contribution is -2.50. The second-order valence-electron chi connectivity index (χ2n) is 6.75. The highest BCUT2D eigenvalue weighted by atomic mass is 35.5. The van der Waals surface area contributed by atoms with Gasteiger partial charge in [0.25, 0.3) is 11.5 Å². The van der Waals surface area contributed by atoms with Gasteiger partial charge in [0.15, 0.2) is 0 Å². The zero-order chi connectivity index (χ0) is 19.7. The van der Waals surface area contributed by atoms with Crippen LogP contribution in [0.3, 0.4) is 0 Å². The van der Waals surface area contributed by atoms with Crippen LogP contribution in [0.25, 0.3) is 11.0 Å². The second-order valence-corrected chi connectivity index (χ2v) is 7.16. The van der Waals surface area contributed by atoms with Crippen LogP contribution in [0.1, 0.15) is 17.3 Å². The molecule has 1 saturated heterocycles. The van der Waals surface area contributed by atoms with Crippen molar-refractivity contribution in [2.24, 2.45) is 0 Å². The van der Waals surface area contributed by atoms with Crippen molar-refractivity contribution in [3.05, 3.63) is 69.6 Å². The number of carbonyl (C=O) groups is 1. The molecular weight excluding hydrogens is 376 g/mol. The normalized spacial score (nSPS) is 14.5. The third-order valence-electron chi connectivity index (χ3n) is 5.15. The van der Waals surface area contributed by atoms with Crippen molar-refractivity contribution in [1.29, 1.82) is 0 Å². The van der Waals surface area contributed by atoms with Gasteiger partial charge in [-0.05, 0) is 37.3 Å². The summed E-state index contributed by atoms with van der Waals surface area (Å²) in [7, 11) is 0. The summed E-state index contributed by atoms with van der Waals surface area (Å²) in [6, 6.07) is 13.1. The molecule has 0 spiro atoms. The van der Waals surface area contributed by atoms with Crippen molar-refractivity contribution in [3.63, 3.8) is 0 Å². The number of amides is 1. The topological polar surface area (TPSA) is 58.4 Å². The van der Waals surface area contributed by atoms with E-state index in [2.05, 4.69) is 9.88 Å². The quantitative estimate of drug-likeness (QED) is 0.682. The van der Waals surface area contributed by atoms with E-state index in [1.165, 1.54) is 0 Å². The molecule has 7 heteroatoms. The van der Waals surface area contributed by atoms with E-state index in [9.17, 15) is 9.59 Å². The zero-order valence-electron chi connectivity index (χ0n) is 15.6. The lowest BCUT2D eigenvalue weighted by molar-refractivity contribution is 0.0744. The summed E-state index contributed by atoms with van der Waals surface area (Å²) < 4.78 is 1.56. The highest BCUT2D eigenvalue weighted by molar-refractivity contribution is 6.33. The number of hydrogen-bond acceptors (Lipinski definition) is 4. The predicted molar refractivity (Wildman–Crippen MR) is 111 cm³/mol. The van der Waals surface area contributed by atoms with E-state index < -0.39 is 0 Å². The number of pyridine rings is 2. The van der Waals surface area contributed by atoms with E-state index in [1.54, 1.807) is 21.7 Å². The van der Waals surface area contributed by atoms with E-state index in [1.807, 2.05) is 43.3 Å². The van der Waals surface area contributed by atoms with E-state index in [0.29, 0.717) is 43.4 Å². The van der Waals surface area contributed by atoms with Crippen molar-refractivity contribution >= 4 is 34.2 Å². The lowest BCUT2D eigenvalue weighted by atomic mass is 10.1. The number of piperazine rings is 1. The standard InChI is InChI=1S/C21H21ClN4O2/c1-2-26-19-15(6-5-9-23-19)14-16(21(26)28)20(27)25-12-10-24(11-13-25)18-8-4-3-7-17(18)22/h3-9,14H,2,10-13H2,1H3. The molecular formula is C21H21ClN4O2. The van der Waals surface area contributed by atoms with Gasteiger partial charge in [-0.25, -0.2) is 4.98 Å². The summed E-state index contributed by atoms with van der Waals surface area (Å²) in [5, 5.41) is 1.50. The number of fused-ring (bicyclic) bond motifs is 1. The average molecular weight is 397 g/mol. The summed E-state index contributed by atoms with van der Waals surface area (Å²) in [6.45, 7) is 4.78. The van der Waals surface area contributed by atoms with E-state index >= 15 is 0 Å². The Labute approximate surface area is 168 Å². The predicted octanol–water partition coefficient (Wildman–Crippen LogP) is 3.03. The zero-order valence-corrected chi connectivity index (χ0v) is 16.4. The van der Waals surface area contributed by atoms with Gasteiger partial charge >= 0.3 is 0 Å². The number of carbonyl (C=O) groups excluding carboxylic acids is 1. The Kier molecular flexibility index (Phi) is 5.05. The summed E-state index contributed by atoms with van der Waals surface area (Å²) >= 11 is 6.29. The first-order valence-electron chi connectivity index (χ1n) is 9.37. The maximum Gasteiger partial charge on any atom is 0.265 e. The number of hydrogen-bond donors (Lipinski definition) is 0. The molecule has 2 aromatic heterocycles. The van der Waals surface area contributed by atoms with Crippen molar-refractivity contribution < 1.29 is 4.79 Å². The molecule has 0 saturated carbocycles. The number of nitrogens with zero attached hydrogens (tertiary/aromatic N) is 4. The van der Waals surface area contributed by atoms with Gasteiger partial charge in [-0.3, -0.25) is 14.2 Å². The Balaban J connectivity index is 1.59. The van der Waals surface area contributed by atoms with Gasteiger partial charge in [0.1, 0.15) is 11.2 Å². The molecule has 0 unspecified atom stereocenters. The first-order chi connectivity index (χ1) is 13.6. The molecule has 0 N–H and O–H groups in total. The first-order valence-corrected chi connectivity index (χ1v) is 9.75. The molecule has 0 bridgehead atoms. The van der Waals surface area contributed by atoms with Gasteiger partial charge in [0.2, 0.25) is 0 Å². The van der Waals surface area contributed by atoms with Crippen LogP contribution >= 0.6 is 11.6 Å². The summed E-state index contributed by atoms with van der Waals surface area (Å²) in [5.74, 6) is -0.225. The summed E-state index contributed by atoms with van der Waals surface area (Å²) in [5.41, 5.74) is 1.50. The third-order valence-corrected chi connectivity index (χ3v) is 5.47. The number of aryl methyl sites for hydroxylation is 1. The highest BCUT2D eigenvalue weighted by Gasteiger charge is 2.26. The fourth-order valence-electron chi connectivity index (χ4n) is 3.68. The van der Waals surface area contributed by atoms with Gasteiger partial charge in [-0.1, -0.05) is 23.7 Å². The lowest BCUT2D eigenvalue weighted by Gasteiger charge is -2.36. The minimum Gasteiger partial charge on any atom is -0.367 e. The van der Waals surface area contributed by atoms with Gasteiger partial charge in [0.05, 0.1) is 10.7 Å². The van der Waals surface area contributed by atoms with Crippen LogP contribution in [0, 0.1) is 0 Å². The number of aromatic nitrogens is 2. The molecule has 4 rings (SSSR count). The molecule has 0 radical (unpaired) electrons. The van der Waals surface area contributed by atoms with Crippen LogP contribution in [0.2, 0.25) is 5.02 Å². The van der Waals surface area contributed by atoms with Crippen LogP contribution in [-0.4, -0.2) is 46.5 Å². The van der Waals surface area contributed by atoms with Crippen molar-refractivity contribution in [3.8, 4) is 0 Å². The molecule has 28 heavy (non-hydrogen) atoms. The first kappa shape index (κ1) is 18.5. The minimum atomic E-state index is -0.285. The molecule has 144 valence electrons. The van der Waals surface area contributed by atoms with Gasteiger partial charge in [-0.15, -0.1) is 0 Å². The summed E-state index contributed by atoms with van der Waals surface area (Å²) in [6.07, 6.45) is 1.66. The third kappa shape index (κ3) is 3.24. The molecule has 1 aliphatic heterocycles. The van der Waals surface area contributed by atoms with Crippen molar-refractivity contribution in [2.45, 2.75) is 13.5 Å². The maximum absolute atomic E-state index is 13.1. The molecule has 0 aliphatic carbocycles. The van der Waals surface area contributed by atoms with Crippen LogP contribution in [0.4, 0.5) is 5.69 Å². The Morgan fingerprint density at radius 1 is 1.11 bits per heavy atom. The largest absolute Gasteiger partial charge is 0.367 e. The average Bonchev–Trinajstić information content (AvgIpc) is 2.73. The fraction of sp³-hybridized carbons (Fsp3) is 0.286. The van der Waals surface area contributed by atoms with Gasteiger partial charge in [0, 0.05) is 44.3 Å². The van der Waals surface area contributed by atoms with Crippen LogP contribution in [-0.2, 0) is 6.54 Å². The van der Waals surface area contributed by atoms with Crippen LogP contribution < -0.4 is 10.5 Å². The van der Waals surface area contributed by atoms with E-state index in [4.69, 9.17) is 11.6 Å². The molecule has 1 aliphatic rings. The number of halogens is 1. The molecule has 0 atom stereocenters. The van der Waals surface area contributed by atoms with Crippen LogP contribution in [0.5, 0.6) is 0 Å².